The molecule has 21 heavy (non-hydrogen) atoms. The Morgan fingerprint density at radius 2 is 2.10 bits per heavy atom. The second-order valence-corrected chi connectivity index (χ2v) is 7.57. The van der Waals surface area contributed by atoms with Gasteiger partial charge < -0.3 is 0 Å². The maximum absolute atomic E-state index is 13.6. The van der Waals surface area contributed by atoms with Gasteiger partial charge in [-0.1, -0.05) is 6.07 Å². The molecule has 2 heterocycles. The predicted molar refractivity (Wildman–Crippen MR) is 79.6 cm³/mol. The van der Waals surface area contributed by atoms with Crippen LogP contribution in [0.1, 0.15) is 11.3 Å². The first-order valence-electron chi connectivity index (χ1n) is 6.36. The highest BCUT2D eigenvalue weighted by Crippen LogP contribution is 2.26. The van der Waals surface area contributed by atoms with Crippen molar-refractivity contribution in [1.29, 1.82) is 0 Å². The van der Waals surface area contributed by atoms with Crippen LogP contribution in [0.2, 0.25) is 0 Å². The molecule has 0 bridgehead atoms. The molecule has 0 saturated carbocycles. The number of rotatable bonds is 2. The molecule has 1 aliphatic rings. The topological polar surface area (TPSA) is 50.3 Å². The van der Waals surface area contributed by atoms with Crippen LogP contribution in [0, 0.1) is 5.82 Å². The van der Waals surface area contributed by atoms with Crippen LogP contribution in [0.15, 0.2) is 45.9 Å². The maximum atomic E-state index is 13.6. The number of benzene rings is 1. The van der Waals surface area contributed by atoms with Crippen LogP contribution in [-0.2, 0) is 23.0 Å². The highest BCUT2D eigenvalue weighted by Gasteiger charge is 2.29. The van der Waals surface area contributed by atoms with E-state index in [4.69, 9.17) is 0 Å². The standard InChI is InChI=1S/C14H12BrFN2O2S/c15-12-4-3-11(8-13(12)16)21(19,20)18-7-5-14-10(9-18)2-1-6-17-14/h1-4,6,8H,5,7,9H2. The molecule has 0 aliphatic carbocycles. The van der Waals surface area contributed by atoms with Crippen molar-refractivity contribution in [3.8, 4) is 0 Å². The second-order valence-electron chi connectivity index (χ2n) is 4.77. The van der Waals surface area contributed by atoms with Gasteiger partial charge in [0.1, 0.15) is 5.82 Å². The Hall–Kier alpha value is -1.31. The molecule has 4 nitrogen and oxygen atoms in total. The second kappa shape index (κ2) is 5.47. The molecule has 0 amide bonds. The average Bonchev–Trinajstić information content (AvgIpc) is 2.49. The van der Waals surface area contributed by atoms with Crippen molar-refractivity contribution in [2.75, 3.05) is 6.54 Å². The molecule has 0 saturated heterocycles. The van der Waals surface area contributed by atoms with Crippen LogP contribution < -0.4 is 0 Å². The predicted octanol–water partition coefficient (Wildman–Crippen LogP) is 2.73. The Labute approximate surface area is 130 Å². The minimum absolute atomic E-state index is 0.0319. The molecular weight excluding hydrogens is 359 g/mol. The average molecular weight is 371 g/mol. The van der Waals surface area contributed by atoms with Gasteiger partial charge in [0.15, 0.2) is 0 Å². The van der Waals surface area contributed by atoms with E-state index in [1.54, 1.807) is 12.3 Å². The van der Waals surface area contributed by atoms with Gasteiger partial charge in [-0.3, -0.25) is 4.98 Å². The van der Waals surface area contributed by atoms with Gasteiger partial charge in [-0.15, -0.1) is 0 Å². The summed E-state index contributed by atoms with van der Waals surface area (Å²) < 4.78 is 40.3. The van der Waals surface area contributed by atoms with E-state index in [1.165, 1.54) is 16.4 Å². The SMILES string of the molecule is O=S(=O)(c1ccc(Br)c(F)c1)N1CCc2ncccc2C1. The summed E-state index contributed by atoms with van der Waals surface area (Å²) >= 11 is 3.02. The molecule has 7 heteroatoms. The first-order valence-corrected chi connectivity index (χ1v) is 8.60. The number of pyridine rings is 1. The van der Waals surface area contributed by atoms with E-state index in [2.05, 4.69) is 20.9 Å². The number of nitrogens with zero attached hydrogens (tertiary/aromatic N) is 2. The molecule has 1 aromatic carbocycles. The molecule has 0 radical (unpaired) electrons. The van der Waals surface area contributed by atoms with Gasteiger partial charge in [-0.05, 0) is 45.8 Å². The Morgan fingerprint density at radius 1 is 1.29 bits per heavy atom. The van der Waals surface area contributed by atoms with Crippen molar-refractivity contribution in [2.24, 2.45) is 0 Å². The zero-order valence-corrected chi connectivity index (χ0v) is 13.4. The fourth-order valence-electron chi connectivity index (χ4n) is 2.33. The van der Waals surface area contributed by atoms with E-state index in [1.807, 2.05) is 6.07 Å². The van der Waals surface area contributed by atoms with Gasteiger partial charge in [0, 0.05) is 31.4 Å². The van der Waals surface area contributed by atoms with Crippen LogP contribution in [-0.4, -0.2) is 24.3 Å². The van der Waals surface area contributed by atoms with E-state index in [0.717, 1.165) is 17.3 Å². The van der Waals surface area contributed by atoms with Crippen LogP contribution in [0.25, 0.3) is 0 Å². The molecule has 0 spiro atoms. The molecule has 2 aromatic rings. The Balaban J connectivity index is 1.95. The van der Waals surface area contributed by atoms with Gasteiger partial charge in [0.25, 0.3) is 0 Å². The Morgan fingerprint density at radius 3 is 2.86 bits per heavy atom. The maximum Gasteiger partial charge on any atom is 0.243 e. The number of halogens is 2. The molecule has 3 rings (SSSR count). The van der Waals surface area contributed by atoms with Gasteiger partial charge in [0.05, 0.1) is 9.37 Å². The number of hydrogen-bond donors (Lipinski definition) is 0. The van der Waals surface area contributed by atoms with E-state index < -0.39 is 15.8 Å². The lowest BCUT2D eigenvalue weighted by atomic mass is 10.1. The third kappa shape index (κ3) is 2.73. The number of aromatic nitrogens is 1. The highest BCUT2D eigenvalue weighted by atomic mass is 79.9. The van der Waals surface area contributed by atoms with Crippen LogP contribution in [0.4, 0.5) is 4.39 Å². The van der Waals surface area contributed by atoms with Crippen molar-refractivity contribution < 1.29 is 12.8 Å². The molecular formula is C14H12BrFN2O2S. The quantitative estimate of drug-likeness (QED) is 0.816. The summed E-state index contributed by atoms with van der Waals surface area (Å²) in [5, 5.41) is 0. The summed E-state index contributed by atoms with van der Waals surface area (Å²) in [6, 6.07) is 7.50. The lowest BCUT2D eigenvalue weighted by Crippen LogP contribution is -2.36. The van der Waals surface area contributed by atoms with E-state index in [9.17, 15) is 12.8 Å². The Bertz CT molecular complexity index is 795. The zero-order valence-electron chi connectivity index (χ0n) is 11.0. The van der Waals surface area contributed by atoms with Crippen molar-refractivity contribution >= 4 is 26.0 Å². The van der Waals surface area contributed by atoms with Gasteiger partial charge in [-0.25, -0.2) is 12.8 Å². The first kappa shape index (κ1) is 14.6. The summed E-state index contributed by atoms with van der Waals surface area (Å²) in [4.78, 5) is 4.21. The monoisotopic (exact) mass is 370 g/mol. The smallest absolute Gasteiger partial charge is 0.243 e. The Kier molecular flexibility index (Phi) is 3.81. The zero-order chi connectivity index (χ0) is 15.0. The summed E-state index contributed by atoms with van der Waals surface area (Å²) in [6.07, 6.45) is 2.27. The van der Waals surface area contributed by atoms with Crippen molar-refractivity contribution in [3.63, 3.8) is 0 Å². The number of sulfonamides is 1. The molecule has 110 valence electrons. The lowest BCUT2D eigenvalue weighted by Gasteiger charge is -2.27. The molecule has 1 aromatic heterocycles. The van der Waals surface area contributed by atoms with Crippen molar-refractivity contribution in [2.45, 2.75) is 17.9 Å². The third-order valence-corrected chi connectivity index (χ3v) is 5.94. The molecule has 1 aliphatic heterocycles. The van der Waals surface area contributed by atoms with E-state index in [0.29, 0.717) is 13.0 Å². The summed E-state index contributed by atoms with van der Waals surface area (Å²) in [5.41, 5.74) is 1.82. The minimum Gasteiger partial charge on any atom is -0.261 e. The molecule has 0 N–H and O–H groups in total. The third-order valence-electron chi connectivity index (χ3n) is 3.46. The fourth-order valence-corrected chi connectivity index (χ4v) is 4.01. The fraction of sp³-hybridized carbons (Fsp3) is 0.214. The highest BCUT2D eigenvalue weighted by molar-refractivity contribution is 9.10. The normalized spacial score (nSPS) is 15.7. The van der Waals surface area contributed by atoms with E-state index in [-0.39, 0.29) is 15.9 Å². The molecule has 0 fully saturated rings. The van der Waals surface area contributed by atoms with E-state index >= 15 is 0 Å². The number of hydrogen-bond acceptors (Lipinski definition) is 3. The van der Waals surface area contributed by atoms with Crippen LogP contribution in [0.3, 0.4) is 0 Å². The number of fused-ring (bicyclic) bond motifs is 1. The summed E-state index contributed by atoms with van der Waals surface area (Å²) in [5.74, 6) is -0.588. The van der Waals surface area contributed by atoms with Gasteiger partial charge >= 0.3 is 0 Å². The summed E-state index contributed by atoms with van der Waals surface area (Å²) in [6.45, 7) is 0.618. The van der Waals surface area contributed by atoms with Crippen LogP contribution in [0.5, 0.6) is 0 Å². The van der Waals surface area contributed by atoms with Crippen molar-refractivity contribution in [1.82, 2.24) is 9.29 Å². The van der Waals surface area contributed by atoms with Crippen molar-refractivity contribution in [3.05, 3.63) is 58.1 Å². The van der Waals surface area contributed by atoms with Crippen LogP contribution >= 0.6 is 15.9 Å². The van der Waals surface area contributed by atoms with Gasteiger partial charge in [0.2, 0.25) is 10.0 Å². The summed E-state index contributed by atoms with van der Waals surface area (Å²) in [7, 11) is -3.70. The molecule has 0 unspecified atom stereocenters. The first-order chi connectivity index (χ1) is 9.98. The minimum atomic E-state index is -3.70. The van der Waals surface area contributed by atoms with Gasteiger partial charge in [-0.2, -0.15) is 4.31 Å². The molecule has 0 atom stereocenters. The largest absolute Gasteiger partial charge is 0.261 e. The lowest BCUT2D eigenvalue weighted by molar-refractivity contribution is 0.387.